The molecule has 4 heteroatoms. The van der Waals surface area contributed by atoms with E-state index in [0.29, 0.717) is 24.3 Å². The molecule has 0 radical (unpaired) electrons. The Balaban J connectivity index is 1.78. The van der Waals surface area contributed by atoms with E-state index in [9.17, 15) is 4.79 Å². The molecule has 2 aromatic rings. The van der Waals surface area contributed by atoms with Crippen LogP contribution in [0, 0.1) is 0 Å². The van der Waals surface area contributed by atoms with E-state index in [1.165, 1.54) is 0 Å². The van der Waals surface area contributed by atoms with E-state index in [0.717, 1.165) is 16.9 Å². The smallest absolute Gasteiger partial charge is 0.251 e. The largest absolute Gasteiger partial charge is 0.489 e. The van der Waals surface area contributed by atoms with Crippen molar-refractivity contribution in [2.45, 2.75) is 38.8 Å². The maximum atomic E-state index is 12.8. The van der Waals surface area contributed by atoms with Crippen molar-refractivity contribution in [3.8, 4) is 11.5 Å². The van der Waals surface area contributed by atoms with Gasteiger partial charge in [0.25, 0.3) is 5.91 Å². The number of amides is 1. The number of hydrogen-bond acceptors (Lipinski definition) is 3. The third-order valence-electron chi connectivity index (χ3n) is 4.26. The lowest BCUT2D eigenvalue weighted by Crippen LogP contribution is -2.41. The maximum absolute atomic E-state index is 12.8. The number of ether oxygens (including phenoxy) is 2. The lowest BCUT2D eigenvalue weighted by atomic mass is 9.89. The van der Waals surface area contributed by atoms with Gasteiger partial charge in [0.05, 0.1) is 6.04 Å². The van der Waals surface area contributed by atoms with Crippen LogP contribution in [0.1, 0.15) is 49.2 Å². The van der Waals surface area contributed by atoms with Gasteiger partial charge in [-0.2, -0.15) is 0 Å². The summed E-state index contributed by atoms with van der Waals surface area (Å²) < 4.78 is 11.7. The summed E-state index contributed by atoms with van der Waals surface area (Å²) >= 11 is 0. The summed E-state index contributed by atoms with van der Waals surface area (Å²) in [7, 11) is 0. The van der Waals surface area contributed by atoms with Crippen LogP contribution in [-0.4, -0.2) is 18.1 Å². The van der Waals surface area contributed by atoms with Gasteiger partial charge in [-0.15, -0.1) is 0 Å². The summed E-state index contributed by atoms with van der Waals surface area (Å²) in [6.45, 7) is 10.2. The number of para-hydroxylation sites is 1. The zero-order chi connectivity index (χ0) is 18.7. The fourth-order valence-corrected chi connectivity index (χ4v) is 3.11. The molecule has 136 valence electrons. The fraction of sp³-hybridized carbons (Fsp3) is 0.318. The summed E-state index contributed by atoms with van der Waals surface area (Å²) in [6, 6.07) is 15.0. The SMILES string of the molecule is C=C(C)COc1cccc(C(=O)N[C@H]2CC(C)(C)Oc3ccccc32)c1. The molecule has 1 heterocycles. The predicted octanol–water partition coefficient (Wildman–Crippen LogP) is 4.67. The lowest BCUT2D eigenvalue weighted by molar-refractivity contribution is 0.0619. The molecule has 1 aliphatic rings. The van der Waals surface area contributed by atoms with Crippen LogP contribution >= 0.6 is 0 Å². The Kier molecular flexibility index (Phi) is 5.03. The molecule has 0 unspecified atom stereocenters. The molecule has 0 saturated carbocycles. The van der Waals surface area contributed by atoms with Crippen molar-refractivity contribution in [2.75, 3.05) is 6.61 Å². The number of benzene rings is 2. The molecule has 0 fully saturated rings. The number of carbonyl (C=O) groups excluding carboxylic acids is 1. The minimum absolute atomic E-state index is 0.0950. The van der Waals surface area contributed by atoms with Gasteiger partial charge in [-0.1, -0.05) is 30.8 Å². The van der Waals surface area contributed by atoms with Gasteiger partial charge < -0.3 is 14.8 Å². The van der Waals surface area contributed by atoms with Crippen LogP contribution < -0.4 is 14.8 Å². The van der Waals surface area contributed by atoms with Crippen molar-refractivity contribution >= 4 is 5.91 Å². The predicted molar refractivity (Wildman–Crippen MR) is 103 cm³/mol. The van der Waals surface area contributed by atoms with Gasteiger partial charge >= 0.3 is 0 Å². The Labute approximate surface area is 154 Å². The van der Waals surface area contributed by atoms with Crippen molar-refractivity contribution in [3.05, 3.63) is 71.8 Å². The summed E-state index contributed by atoms with van der Waals surface area (Å²) in [5.74, 6) is 1.37. The molecule has 1 atom stereocenters. The van der Waals surface area contributed by atoms with Gasteiger partial charge in [0.1, 0.15) is 23.7 Å². The summed E-state index contributed by atoms with van der Waals surface area (Å²) in [5.41, 5.74) is 2.18. The van der Waals surface area contributed by atoms with Crippen molar-refractivity contribution in [2.24, 2.45) is 0 Å². The van der Waals surface area contributed by atoms with Crippen LogP contribution in [0.5, 0.6) is 11.5 Å². The lowest BCUT2D eigenvalue weighted by Gasteiger charge is -2.37. The molecule has 1 aliphatic heterocycles. The second-order valence-electron chi connectivity index (χ2n) is 7.40. The molecule has 0 spiro atoms. The second kappa shape index (κ2) is 7.24. The molecule has 3 rings (SSSR count). The quantitative estimate of drug-likeness (QED) is 0.796. The maximum Gasteiger partial charge on any atom is 0.251 e. The molecule has 0 bridgehead atoms. The first-order chi connectivity index (χ1) is 12.3. The number of carbonyl (C=O) groups is 1. The molecule has 1 N–H and O–H groups in total. The van der Waals surface area contributed by atoms with Crippen molar-refractivity contribution < 1.29 is 14.3 Å². The number of nitrogens with one attached hydrogen (secondary N) is 1. The fourth-order valence-electron chi connectivity index (χ4n) is 3.11. The minimum atomic E-state index is -0.335. The molecular weight excluding hydrogens is 326 g/mol. The molecule has 4 nitrogen and oxygen atoms in total. The van der Waals surface area contributed by atoms with Crippen LogP contribution in [0.25, 0.3) is 0 Å². The van der Waals surface area contributed by atoms with Crippen LogP contribution in [0.4, 0.5) is 0 Å². The second-order valence-corrected chi connectivity index (χ2v) is 7.40. The number of hydrogen-bond donors (Lipinski definition) is 1. The average molecular weight is 351 g/mol. The van der Waals surface area contributed by atoms with Crippen molar-refractivity contribution in [3.63, 3.8) is 0 Å². The van der Waals surface area contributed by atoms with Crippen molar-refractivity contribution in [1.29, 1.82) is 0 Å². The Morgan fingerprint density at radius 1 is 1.27 bits per heavy atom. The van der Waals surface area contributed by atoms with E-state index < -0.39 is 0 Å². The van der Waals surface area contributed by atoms with E-state index in [-0.39, 0.29) is 17.6 Å². The topological polar surface area (TPSA) is 47.6 Å². The summed E-state index contributed by atoms with van der Waals surface area (Å²) in [4.78, 5) is 12.8. The Morgan fingerprint density at radius 3 is 2.81 bits per heavy atom. The average Bonchev–Trinajstić information content (AvgIpc) is 2.59. The molecule has 0 saturated heterocycles. The molecular formula is C22H25NO3. The van der Waals surface area contributed by atoms with Gasteiger partial charge in [0.2, 0.25) is 0 Å². The van der Waals surface area contributed by atoms with Crippen LogP contribution in [-0.2, 0) is 0 Å². The highest BCUT2D eigenvalue weighted by atomic mass is 16.5. The minimum Gasteiger partial charge on any atom is -0.489 e. The molecule has 26 heavy (non-hydrogen) atoms. The Bertz CT molecular complexity index is 826. The Morgan fingerprint density at radius 2 is 2.04 bits per heavy atom. The highest BCUT2D eigenvalue weighted by Gasteiger charge is 2.34. The van der Waals surface area contributed by atoms with E-state index in [4.69, 9.17) is 9.47 Å². The first-order valence-electron chi connectivity index (χ1n) is 8.80. The van der Waals surface area contributed by atoms with E-state index in [1.807, 2.05) is 57.2 Å². The third kappa shape index (κ3) is 4.26. The molecule has 2 aromatic carbocycles. The van der Waals surface area contributed by atoms with E-state index in [1.54, 1.807) is 12.1 Å². The highest BCUT2D eigenvalue weighted by Crippen LogP contribution is 2.39. The standard InChI is InChI=1S/C22H25NO3/c1-15(2)14-25-17-9-7-8-16(12-17)21(24)23-19-13-22(3,4)26-20-11-6-5-10-18(19)20/h5-12,19H,1,13-14H2,2-4H3,(H,23,24)/t19-/m0/s1. The first-order valence-corrected chi connectivity index (χ1v) is 8.80. The first kappa shape index (κ1) is 18.1. The zero-order valence-corrected chi connectivity index (χ0v) is 15.5. The summed E-state index contributed by atoms with van der Waals surface area (Å²) in [5, 5.41) is 3.15. The van der Waals surface area contributed by atoms with Crippen molar-refractivity contribution in [1.82, 2.24) is 5.32 Å². The normalized spacial score (nSPS) is 17.6. The van der Waals surface area contributed by atoms with Gasteiger partial charge in [0.15, 0.2) is 0 Å². The van der Waals surface area contributed by atoms with E-state index >= 15 is 0 Å². The third-order valence-corrected chi connectivity index (χ3v) is 4.26. The Hall–Kier alpha value is -2.75. The van der Waals surface area contributed by atoms with Gasteiger partial charge in [-0.25, -0.2) is 0 Å². The van der Waals surface area contributed by atoms with Gasteiger partial charge in [0, 0.05) is 17.5 Å². The van der Waals surface area contributed by atoms with Crippen LogP contribution in [0.2, 0.25) is 0 Å². The number of fused-ring (bicyclic) bond motifs is 1. The molecule has 0 aliphatic carbocycles. The molecule has 0 aromatic heterocycles. The zero-order valence-electron chi connectivity index (χ0n) is 15.5. The monoisotopic (exact) mass is 351 g/mol. The van der Waals surface area contributed by atoms with E-state index in [2.05, 4.69) is 11.9 Å². The highest BCUT2D eigenvalue weighted by molar-refractivity contribution is 5.94. The van der Waals surface area contributed by atoms with Crippen LogP contribution in [0.15, 0.2) is 60.7 Å². The van der Waals surface area contributed by atoms with Crippen LogP contribution in [0.3, 0.4) is 0 Å². The molecule has 1 amide bonds. The number of rotatable bonds is 5. The van der Waals surface area contributed by atoms with Gasteiger partial charge in [-0.3, -0.25) is 4.79 Å². The van der Waals surface area contributed by atoms with Gasteiger partial charge in [-0.05, 0) is 50.6 Å². The summed E-state index contributed by atoms with van der Waals surface area (Å²) in [6.07, 6.45) is 0.710.